The van der Waals surface area contributed by atoms with Crippen LogP contribution in [0.1, 0.15) is 48.6 Å². The van der Waals surface area contributed by atoms with Gasteiger partial charge in [0.2, 0.25) is 0 Å². The second-order valence-corrected chi connectivity index (χ2v) is 5.11. The number of amides is 1. The number of aliphatic carboxylic acids is 1. The van der Waals surface area contributed by atoms with Crippen LogP contribution in [0.3, 0.4) is 0 Å². The Bertz CT molecular complexity index is 463. The number of rotatable bonds is 6. The topological polar surface area (TPSA) is 62.5 Å². The molecule has 1 aliphatic carbocycles. The van der Waals surface area contributed by atoms with Gasteiger partial charge in [0, 0.05) is 32.3 Å². The molecule has 0 aliphatic heterocycles. The zero-order chi connectivity index (χ0) is 13.8. The number of carboxylic acid groups (broad SMARTS) is 1. The number of aromatic nitrogens is 1. The Hall–Kier alpha value is -1.78. The zero-order valence-electron chi connectivity index (χ0n) is 11.2. The van der Waals surface area contributed by atoms with Crippen LogP contribution >= 0.6 is 0 Å². The molecule has 5 nitrogen and oxygen atoms in total. The van der Waals surface area contributed by atoms with Gasteiger partial charge >= 0.3 is 5.97 Å². The van der Waals surface area contributed by atoms with E-state index in [0.717, 1.165) is 12.8 Å². The summed E-state index contributed by atoms with van der Waals surface area (Å²) in [7, 11) is 1.72. The van der Waals surface area contributed by atoms with Crippen LogP contribution in [0.15, 0.2) is 18.3 Å². The summed E-state index contributed by atoms with van der Waals surface area (Å²) < 4.78 is 2.06. The van der Waals surface area contributed by atoms with Crippen molar-refractivity contribution in [3.63, 3.8) is 0 Å². The summed E-state index contributed by atoms with van der Waals surface area (Å²) in [5, 5.41) is 8.60. The van der Waals surface area contributed by atoms with E-state index < -0.39 is 5.97 Å². The van der Waals surface area contributed by atoms with Gasteiger partial charge in [-0.2, -0.15) is 0 Å². The summed E-state index contributed by atoms with van der Waals surface area (Å²) >= 11 is 0. The zero-order valence-corrected chi connectivity index (χ0v) is 11.2. The van der Waals surface area contributed by atoms with Crippen molar-refractivity contribution in [3.8, 4) is 0 Å². The van der Waals surface area contributed by atoms with Crippen molar-refractivity contribution < 1.29 is 14.7 Å². The van der Waals surface area contributed by atoms with Gasteiger partial charge in [0.05, 0.1) is 0 Å². The molecule has 1 amide bonds. The van der Waals surface area contributed by atoms with E-state index in [4.69, 9.17) is 5.11 Å². The molecule has 0 saturated heterocycles. The van der Waals surface area contributed by atoms with Gasteiger partial charge in [-0.1, -0.05) is 0 Å². The standard InChI is InChI=1S/C14H20N2O3/c1-15(9-4-8-13(17)18)14(19)12-7-3-10-16(12)11-5-2-6-11/h3,7,10-11H,2,4-6,8-9H2,1H3,(H,17,18). The number of hydrogen-bond donors (Lipinski definition) is 1. The second-order valence-electron chi connectivity index (χ2n) is 5.11. The molecule has 0 unspecified atom stereocenters. The molecule has 0 atom stereocenters. The smallest absolute Gasteiger partial charge is 0.303 e. The fourth-order valence-electron chi connectivity index (χ4n) is 2.32. The maximum absolute atomic E-state index is 12.3. The van der Waals surface area contributed by atoms with Crippen LogP contribution in [0.2, 0.25) is 0 Å². The molecule has 0 aromatic carbocycles. The lowest BCUT2D eigenvalue weighted by Crippen LogP contribution is -2.31. The Labute approximate surface area is 112 Å². The summed E-state index contributed by atoms with van der Waals surface area (Å²) in [6.07, 6.45) is 6.05. The molecule has 0 bridgehead atoms. The fraction of sp³-hybridized carbons (Fsp3) is 0.571. The van der Waals surface area contributed by atoms with Crippen molar-refractivity contribution in [1.29, 1.82) is 0 Å². The molecule has 19 heavy (non-hydrogen) atoms. The van der Waals surface area contributed by atoms with E-state index in [1.54, 1.807) is 11.9 Å². The lowest BCUT2D eigenvalue weighted by atomic mass is 9.93. The van der Waals surface area contributed by atoms with Gasteiger partial charge in [0.15, 0.2) is 0 Å². The molecular formula is C14H20N2O3. The summed E-state index contributed by atoms with van der Waals surface area (Å²) in [5.41, 5.74) is 0.711. The highest BCUT2D eigenvalue weighted by Gasteiger charge is 2.24. The van der Waals surface area contributed by atoms with Crippen LogP contribution in [0.5, 0.6) is 0 Å². The molecule has 1 aromatic rings. The lowest BCUT2D eigenvalue weighted by Gasteiger charge is -2.29. The molecule has 5 heteroatoms. The van der Waals surface area contributed by atoms with Crippen LogP contribution in [0.25, 0.3) is 0 Å². The van der Waals surface area contributed by atoms with E-state index in [9.17, 15) is 9.59 Å². The second kappa shape index (κ2) is 5.91. The molecule has 1 fully saturated rings. The molecule has 0 spiro atoms. The Kier molecular flexibility index (Phi) is 4.24. The van der Waals surface area contributed by atoms with Crippen molar-refractivity contribution in [2.24, 2.45) is 0 Å². The molecule has 1 aliphatic rings. The summed E-state index contributed by atoms with van der Waals surface area (Å²) in [4.78, 5) is 24.4. The van der Waals surface area contributed by atoms with Crippen molar-refractivity contribution >= 4 is 11.9 Å². The number of nitrogens with zero attached hydrogens (tertiary/aromatic N) is 2. The minimum absolute atomic E-state index is 0.0257. The van der Waals surface area contributed by atoms with Crippen molar-refractivity contribution in [2.45, 2.75) is 38.1 Å². The van der Waals surface area contributed by atoms with Crippen molar-refractivity contribution in [3.05, 3.63) is 24.0 Å². The molecule has 1 saturated carbocycles. The molecule has 1 aromatic heterocycles. The quantitative estimate of drug-likeness (QED) is 0.856. The van der Waals surface area contributed by atoms with Gasteiger partial charge in [-0.3, -0.25) is 9.59 Å². The molecular weight excluding hydrogens is 244 g/mol. The summed E-state index contributed by atoms with van der Waals surface area (Å²) in [5.74, 6) is -0.846. The van der Waals surface area contributed by atoms with Gasteiger partial charge in [0.1, 0.15) is 5.69 Å². The first-order valence-corrected chi connectivity index (χ1v) is 6.73. The normalized spacial score (nSPS) is 15.0. The number of carboxylic acids is 1. The van der Waals surface area contributed by atoms with Crippen LogP contribution in [0, 0.1) is 0 Å². The van der Waals surface area contributed by atoms with Crippen LogP contribution in [-0.2, 0) is 4.79 Å². The van der Waals surface area contributed by atoms with Crippen LogP contribution in [0.4, 0.5) is 0 Å². The van der Waals surface area contributed by atoms with Gasteiger partial charge in [-0.15, -0.1) is 0 Å². The lowest BCUT2D eigenvalue weighted by molar-refractivity contribution is -0.137. The predicted octanol–water partition coefficient (Wildman–Crippen LogP) is 2.15. The van der Waals surface area contributed by atoms with Crippen LogP contribution in [-0.4, -0.2) is 40.0 Å². The van der Waals surface area contributed by atoms with E-state index >= 15 is 0 Å². The Morgan fingerprint density at radius 2 is 2.21 bits per heavy atom. The van der Waals surface area contributed by atoms with E-state index in [1.165, 1.54) is 6.42 Å². The third-order valence-electron chi connectivity index (χ3n) is 3.70. The molecule has 1 N–H and O–H groups in total. The third kappa shape index (κ3) is 3.16. The number of carbonyl (C=O) groups excluding carboxylic acids is 1. The SMILES string of the molecule is CN(CCCC(=O)O)C(=O)c1cccn1C1CCC1. The average molecular weight is 264 g/mol. The Morgan fingerprint density at radius 1 is 1.47 bits per heavy atom. The largest absolute Gasteiger partial charge is 0.481 e. The van der Waals surface area contributed by atoms with Gasteiger partial charge in [-0.05, 0) is 37.8 Å². The van der Waals surface area contributed by atoms with Crippen molar-refractivity contribution in [2.75, 3.05) is 13.6 Å². The maximum atomic E-state index is 12.3. The summed E-state index contributed by atoms with van der Waals surface area (Å²) in [6.45, 7) is 0.473. The highest BCUT2D eigenvalue weighted by atomic mass is 16.4. The highest BCUT2D eigenvalue weighted by molar-refractivity contribution is 5.92. The molecule has 0 radical (unpaired) electrons. The minimum Gasteiger partial charge on any atom is -0.481 e. The monoisotopic (exact) mass is 264 g/mol. The molecule has 104 valence electrons. The van der Waals surface area contributed by atoms with Gasteiger partial charge < -0.3 is 14.6 Å². The van der Waals surface area contributed by atoms with E-state index in [0.29, 0.717) is 24.7 Å². The number of carbonyl (C=O) groups is 2. The molecule has 1 heterocycles. The first kappa shape index (κ1) is 13.6. The van der Waals surface area contributed by atoms with Crippen molar-refractivity contribution in [1.82, 2.24) is 9.47 Å². The van der Waals surface area contributed by atoms with E-state index in [-0.39, 0.29) is 12.3 Å². The third-order valence-corrected chi connectivity index (χ3v) is 3.70. The van der Waals surface area contributed by atoms with Gasteiger partial charge in [0.25, 0.3) is 5.91 Å². The maximum Gasteiger partial charge on any atom is 0.303 e. The average Bonchev–Trinajstić information content (AvgIpc) is 2.74. The first-order chi connectivity index (χ1) is 9.09. The highest BCUT2D eigenvalue weighted by Crippen LogP contribution is 2.32. The van der Waals surface area contributed by atoms with E-state index in [2.05, 4.69) is 4.57 Å². The minimum atomic E-state index is -0.821. The predicted molar refractivity (Wildman–Crippen MR) is 71.2 cm³/mol. The Morgan fingerprint density at radius 3 is 2.79 bits per heavy atom. The van der Waals surface area contributed by atoms with Crippen LogP contribution < -0.4 is 0 Å². The van der Waals surface area contributed by atoms with Gasteiger partial charge in [-0.25, -0.2) is 0 Å². The Balaban J connectivity index is 1.94. The fourth-order valence-corrected chi connectivity index (χ4v) is 2.32. The van der Waals surface area contributed by atoms with E-state index in [1.807, 2.05) is 18.3 Å². The number of hydrogen-bond acceptors (Lipinski definition) is 2. The first-order valence-electron chi connectivity index (χ1n) is 6.73. The summed E-state index contributed by atoms with van der Waals surface area (Å²) in [6, 6.07) is 4.20. The molecule has 2 rings (SSSR count).